The third-order valence-electron chi connectivity index (χ3n) is 2.53. The van der Waals surface area contributed by atoms with Gasteiger partial charge in [0.05, 0.1) is 11.3 Å². The molecule has 1 N–H and O–H groups in total. The van der Waals surface area contributed by atoms with Crippen molar-refractivity contribution in [1.82, 2.24) is 5.32 Å². The second kappa shape index (κ2) is 6.14. The molecular formula is C13H19N3. The standard InChI is InChI=1S/C13H19N3/c1-4-7-16(3)13-6-5-11(10-15-2)8-12(13)9-14/h5-6,8,15H,4,7,10H2,1-3H3. The number of nitrogens with zero attached hydrogens (tertiary/aromatic N) is 2. The van der Waals surface area contributed by atoms with Gasteiger partial charge in [-0.1, -0.05) is 13.0 Å². The van der Waals surface area contributed by atoms with Gasteiger partial charge in [0.1, 0.15) is 6.07 Å². The van der Waals surface area contributed by atoms with Crippen LogP contribution in [0.25, 0.3) is 0 Å². The summed E-state index contributed by atoms with van der Waals surface area (Å²) in [6.07, 6.45) is 1.08. The van der Waals surface area contributed by atoms with Crippen LogP contribution in [-0.2, 0) is 6.54 Å². The molecule has 3 heteroatoms. The number of hydrogen-bond donors (Lipinski definition) is 1. The minimum atomic E-state index is 0.753. The van der Waals surface area contributed by atoms with E-state index >= 15 is 0 Å². The van der Waals surface area contributed by atoms with Gasteiger partial charge in [0.2, 0.25) is 0 Å². The monoisotopic (exact) mass is 217 g/mol. The summed E-state index contributed by atoms with van der Waals surface area (Å²) in [4.78, 5) is 2.13. The molecule has 0 aliphatic rings. The molecule has 0 aliphatic heterocycles. The average molecular weight is 217 g/mol. The molecule has 0 aliphatic carbocycles. The average Bonchev–Trinajstić information content (AvgIpc) is 2.29. The van der Waals surface area contributed by atoms with Crippen LogP contribution in [0, 0.1) is 11.3 Å². The summed E-state index contributed by atoms with van der Waals surface area (Å²) in [5.41, 5.74) is 2.92. The van der Waals surface area contributed by atoms with Crippen LogP contribution in [-0.4, -0.2) is 20.6 Å². The van der Waals surface area contributed by atoms with E-state index in [1.54, 1.807) is 0 Å². The van der Waals surface area contributed by atoms with Crippen LogP contribution in [0.4, 0.5) is 5.69 Å². The molecule has 0 unspecified atom stereocenters. The first kappa shape index (κ1) is 12.5. The molecule has 1 aromatic carbocycles. The van der Waals surface area contributed by atoms with Gasteiger partial charge in [-0.05, 0) is 31.2 Å². The molecule has 1 aromatic rings. The fraction of sp³-hybridized carbons (Fsp3) is 0.462. The molecular weight excluding hydrogens is 198 g/mol. The van der Waals surface area contributed by atoms with Crippen molar-refractivity contribution in [2.24, 2.45) is 0 Å². The quantitative estimate of drug-likeness (QED) is 0.821. The smallest absolute Gasteiger partial charge is 0.101 e. The molecule has 0 bridgehead atoms. The van der Waals surface area contributed by atoms with E-state index < -0.39 is 0 Å². The van der Waals surface area contributed by atoms with E-state index in [2.05, 4.69) is 29.3 Å². The first-order valence-electron chi connectivity index (χ1n) is 5.61. The normalized spacial score (nSPS) is 9.88. The summed E-state index contributed by atoms with van der Waals surface area (Å²) in [6.45, 7) is 3.91. The third kappa shape index (κ3) is 2.98. The van der Waals surface area contributed by atoms with Crippen molar-refractivity contribution in [3.05, 3.63) is 29.3 Å². The van der Waals surface area contributed by atoms with Gasteiger partial charge < -0.3 is 10.2 Å². The highest BCUT2D eigenvalue weighted by molar-refractivity contribution is 5.60. The zero-order chi connectivity index (χ0) is 12.0. The maximum absolute atomic E-state index is 9.13. The van der Waals surface area contributed by atoms with Crippen LogP contribution >= 0.6 is 0 Å². The molecule has 0 atom stereocenters. The Labute approximate surface area is 97.7 Å². The SMILES string of the molecule is CCCN(C)c1ccc(CNC)cc1C#N. The van der Waals surface area contributed by atoms with Crippen LogP contribution in [0.3, 0.4) is 0 Å². The molecule has 0 amide bonds. The number of anilines is 1. The van der Waals surface area contributed by atoms with E-state index in [0.717, 1.165) is 36.3 Å². The van der Waals surface area contributed by atoms with E-state index in [1.165, 1.54) is 0 Å². The lowest BCUT2D eigenvalue weighted by molar-refractivity contribution is 0.815. The minimum Gasteiger partial charge on any atom is -0.374 e. The highest BCUT2D eigenvalue weighted by atomic mass is 15.1. The molecule has 86 valence electrons. The van der Waals surface area contributed by atoms with Crippen molar-refractivity contribution in [3.63, 3.8) is 0 Å². The van der Waals surface area contributed by atoms with Crippen molar-refractivity contribution in [2.75, 3.05) is 25.5 Å². The zero-order valence-corrected chi connectivity index (χ0v) is 10.2. The van der Waals surface area contributed by atoms with Crippen molar-refractivity contribution in [3.8, 4) is 6.07 Å². The lowest BCUT2D eigenvalue weighted by atomic mass is 10.1. The molecule has 0 saturated heterocycles. The largest absolute Gasteiger partial charge is 0.374 e. The molecule has 0 aromatic heterocycles. The summed E-state index contributed by atoms with van der Waals surface area (Å²) in [5.74, 6) is 0. The summed E-state index contributed by atoms with van der Waals surface area (Å²) in [5, 5.41) is 12.2. The van der Waals surface area contributed by atoms with E-state index in [1.807, 2.05) is 26.2 Å². The summed E-state index contributed by atoms with van der Waals surface area (Å²) < 4.78 is 0. The Balaban J connectivity index is 2.98. The molecule has 0 radical (unpaired) electrons. The Morgan fingerprint density at radius 2 is 2.19 bits per heavy atom. The van der Waals surface area contributed by atoms with E-state index in [9.17, 15) is 0 Å². The van der Waals surface area contributed by atoms with Gasteiger partial charge in [-0.3, -0.25) is 0 Å². The van der Waals surface area contributed by atoms with E-state index in [-0.39, 0.29) is 0 Å². The van der Waals surface area contributed by atoms with Gasteiger partial charge in [0.15, 0.2) is 0 Å². The Morgan fingerprint density at radius 3 is 2.75 bits per heavy atom. The van der Waals surface area contributed by atoms with Gasteiger partial charge in [-0.2, -0.15) is 5.26 Å². The molecule has 1 rings (SSSR count). The highest BCUT2D eigenvalue weighted by Gasteiger charge is 2.07. The number of nitrogens with one attached hydrogen (secondary N) is 1. The Kier molecular flexibility index (Phi) is 4.81. The van der Waals surface area contributed by atoms with Crippen molar-refractivity contribution in [2.45, 2.75) is 19.9 Å². The van der Waals surface area contributed by atoms with Crippen LogP contribution < -0.4 is 10.2 Å². The van der Waals surface area contributed by atoms with Crippen LogP contribution in [0.15, 0.2) is 18.2 Å². The lowest BCUT2D eigenvalue weighted by Gasteiger charge is -2.20. The number of nitriles is 1. The predicted molar refractivity (Wildman–Crippen MR) is 67.5 cm³/mol. The minimum absolute atomic E-state index is 0.753. The maximum Gasteiger partial charge on any atom is 0.101 e. The van der Waals surface area contributed by atoms with Gasteiger partial charge in [0.25, 0.3) is 0 Å². The maximum atomic E-state index is 9.13. The summed E-state index contributed by atoms with van der Waals surface area (Å²) >= 11 is 0. The lowest BCUT2D eigenvalue weighted by Crippen LogP contribution is -2.19. The van der Waals surface area contributed by atoms with Gasteiger partial charge in [-0.15, -0.1) is 0 Å². The second-order valence-electron chi connectivity index (χ2n) is 3.92. The Bertz CT molecular complexity index is 379. The summed E-state index contributed by atoms with van der Waals surface area (Å²) in [6, 6.07) is 8.32. The van der Waals surface area contributed by atoms with Crippen molar-refractivity contribution >= 4 is 5.69 Å². The molecule has 16 heavy (non-hydrogen) atoms. The van der Waals surface area contributed by atoms with Crippen LogP contribution in [0.1, 0.15) is 24.5 Å². The topological polar surface area (TPSA) is 39.1 Å². The first-order chi connectivity index (χ1) is 7.72. The van der Waals surface area contributed by atoms with E-state index in [0.29, 0.717) is 0 Å². The molecule has 3 nitrogen and oxygen atoms in total. The second-order valence-corrected chi connectivity index (χ2v) is 3.92. The number of rotatable bonds is 5. The number of hydrogen-bond acceptors (Lipinski definition) is 3. The molecule has 0 saturated carbocycles. The molecule has 0 heterocycles. The van der Waals surface area contributed by atoms with Crippen molar-refractivity contribution in [1.29, 1.82) is 5.26 Å². The third-order valence-corrected chi connectivity index (χ3v) is 2.53. The highest BCUT2D eigenvalue weighted by Crippen LogP contribution is 2.20. The first-order valence-corrected chi connectivity index (χ1v) is 5.61. The zero-order valence-electron chi connectivity index (χ0n) is 10.2. The number of benzene rings is 1. The molecule has 0 spiro atoms. The fourth-order valence-corrected chi connectivity index (χ4v) is 1.78. The van der Waals surface area contributed by atoms with Gasteiger partial charge >= 0.3 is 0 Å². The fourth-order valence-electron chi connectivity index (χ4n) is 1.78. The molecule has 0 fully saturated rings. The van der Waals surface area contributed by atoms with Gasteiger partial charge in [0, 0.05) is 20.1 Å². The summed E-state index contributed by atoms with van der Waals surface area (Å²) in [7, 11) is 3.93. The van der Waals surface area contributed by atoms with Gasteiger partial charge in [-0.25, -0.2) is 0 Å². The Morgan fingerprint density at radius 1 is 1.44 bits per heavy atom. The Hall–Kier alpha value is -1.53. The predicted octanol–water partition coefficient (Wildman–Crippen LogP) is 2.12. The van der Waals surface area contributed by atoms with Crippen molar-refractivity contribution < 1.29 is 0 Å². The van der Waals surface area contributed by atoms with E-state index in [4.69, 9.17) is 5.26 Å². The van der Waals surface area contributed by atoms with Crippen LogP contribution in [0.5, 0.6) is 0 Å². The van der Waals surface area contributed by atoms with Crippen LogP contribution in [0.2, 0.25) is 0 Å².